The average Bonchev–Trinajstić information content (AvgIpc) is 3.21. The predicted molar refractivity (Wildman–Crippen MR) is 140 cm³/mol. The van der Waals surface area contributed by atoms with Crippen LogP contribution in [0, 0.1) is 12.8 Å². The lowest BCUT2D eigenvalue weighted by Crippen LogP contribution is -2.42. The van der Waals surface area contributed by atoms with Crippen molar-refractivity contribution < 1.29 is 9.59 Å². The molecule has 1 N–H and O–H groups in total. The molecular formula is C28H44N4O2. The van der Waals surface area contributed by atoms with E-state index in [1.165, 1.54) is 0 Å². The third-order valence-corrected chi connectivity index (χ3v) is 6.17. The van der Waals surface area contributed by atoms with E-state index in [0.717, 1.165) is 55.5 Å². The molecule has 1 aromatic carbocycles. The number of aryl methyl sites for hydroxylation is 1. The van der Waals surface area contributed by atoms with Crippen LogP contribution in [0.4, 0.5) is 5.82 Å². The number of hydrogen-bond donors (Lipinski definition) is 1. The highest BCUT2D eigenvalue weighted by atomic mass is 16.2. The van der Waals surface area contributed by atoms with E-state index < -0.39 is 0 Å². The minimum absolute atomic E-state index is 0.0186. The summed E-state index contributed by atoms with van der Waals surface area (Å²) >= 11 is 0. The zero-order valence-electron chi connectivity index (χ0n) is 22.3. The maximum atomic E-state index is 13.3. The van der Waals surface area contributed by atoms with E-state index in [1.807, 2.05) is 37.3 Å². The number of hydrogen-bond acceptors (Lipinski definition) is 3. The Morgan fingerprint density at radius 2 is 1.79 bits per heavy atom. The predicted octanol–water partition coefficient (Wildman–Crippen LogP) is 6.26. The van der Waals surface area contributed by atoms with Gasteiger partial charge in [0.1, 0.15) is 5.82 Å². The van der Waals surface area contributed by atoms with E-state index in [-0.39, 0.29) is 29.7 Å². The number of unbranched alkanes of at least 4 members (excludes halogenated alkanes) is 2. The highest BCUT2D eigenvalue weighted by Gasteiger charge is 2.26. The summed E-state index contributed by atoms with van der Waals surface area (Å²) in [6.07, 6.45) is 5.65. The van der Waals surface area contributed by atoms with Crippen LogP contribution in [0.1, 0.15) is 91.3 Å². The number of rotatable bonds is 12. The molecule has 188 valence electrons. The minimum Gasteiger partial charge on any atom is -0.333 e. The Morgan fingerprint density at radius 1 is 1.09 bits per heavy atom. The van der Waals surface area contributed by atoms with Crippen LogP contribution in [0.15, 0.2) is 30.3 Å². The van der Waals surface area contributed by atoms with Gasteiger partial charge >= 0.3 is 0 Å². The molecule has 0 saturated heterocycles. The lowest BCUT2D eigenvalue weighted by molar-refractivity contribution is -0.138. The summed E-state index contributed by atoms with van der Waals surface area (Å²) in [4.78, 5) is 28.2. The van der Waals surface area contributed by atoms with Crippen molar-refractivity contribution in [3.05, 3.63) is 41.6 Å². The van der Waals surface area contributed by atoms with Crippen molar-refractivity contribution in [3.63, 3.8) is 0 Å². The zero-order valence-corrected chi connectivity index (χ0v) is 22.3. The first-order chi connectivity index (χ1) is 16.1. The van der Waals surface area contributed by atoms with Crippen molar-refractivity contribution >= 4 is 17.6 Å². The molecule has 6 heteroatoms. The maximum absolute atomic E-state index is 13.3. The zero-order chi connectivity index (χ0) is 25.3. The number of aromatic nitrogens is 2. The van der Waals surface area contributed by atoms with Crippen LogP contribution in [0.5, 0.6) is 0 Å². The molecular weight excluding hydrogens is 424 g/mol. The molecule has 0 aliphatic heterocycles. The molecule has 0 bridgehead atoms. The van der Waals surface area contributed by atoms with Crippen molar-refractivity contribution in [2.45, 2.75) is 92.4 Å². The Morgan fingerprint density at radius 3 is 2.38 bits per heavy atom. The number of carbonyl (C=O) groups excluding carboxylic acids is 2. The van der Waals surface area contributed by atoms with Gasteiger partial charge in [-0.05, 0) is 43.9 Å². The summed E-state index contributed by atoms with van der Waals surface area (Å²) in [5.41, 5.74) is 2.76. The van der Waals surface area contributed by atoms with Gasteiger partial charge in [0.15, 0.2) is 0 Å². The van der Waals surface area contributed by atoms with Crippen LogP contribution in [0.3, 0.4) is 0 Å². The van der Waals surface area contributed by atoms with E-state index in [0.29, 0.717) is 12.4 Å². The number of nitrogens with one attached hydrogen (secondary N) is 1. The molecule has 1 atom stereocenters. The molecule has 0 spiro atoms. The summed E-state index contributed by atoms with van der Waals surface area (Å²) in [5, 5.41) is 7.86. The Labute approximate surface area is 206 Å². The SMILES string of the molecule is CCCCC(CC)C(=O)N(CCCC)CC(=O)Nc1cc(C(C)(C)C)nn1-c1cccc(C)c1. The van der Waals surface area contributed by atoms with Gasteiger partial charge in [-0.1, -0.05) is 72.9 Å². The third-order valence-electron chi connectivity index (χ3n) is 6.17. The second kappa shape index (κ2) is 12.7. The lowest BCUT2D eigenvalue weighted by Gasteiger charge is -2.26. The molecule has 34 heavy (non-hydrogen) atoms. The van der Waals surface area contributed by atoms with Gasteiger partial charge in [-0.15, -0.1) is 0 Å². The van der Waals surface area contributed by atoms with Crippen molar-refractivity contribution in [2.24, 2.45) is 5.92 Å². The molecule has 2 amide bonds. The topological polar surface area (TPSA) is 67.2 Å². The first-order valence-corrected chi connectivity index (χ1v) is 12.9. The molecule has 0 aliphatic rings. The van der Waals surface area contributed by atoms with Gasteiger partial charge in [-0.2, -0.15) is 5.10 Å². The fraction of sp³-hybridized carbons (Fsp3) is 0.607. The average molecular weight is 469 g/mol. The van der Waals surface area contributed by atoms with Gasteiger partial charge in [0.25, 0.3) is 0 Å². The summed E-state index contributed by atoms with van der Waals surface area (Å²) < 4.78 is 1.79. The number of amides is 2. The number of nitrogens with zero attached hydrogens (tertiary/aromatic N) is 3. The van der Waals surface area contributed by atoms with Gasteiger partial charge < -0.3 is 10.2 Å². The molecule has 1 heterocycles. The van der Waals surface area contributed by atoms with Crippen molar-refractivity contribution in [1.82, 2.24) is 14.7 Å². The van der Waals surface area contributed by atoms with Gasteiger partial charge in [-0.25, -0.2) is 4.68 Å². The smallest absolute Gasteiger partial charge is 0.245 e. The Bertz CT molecular complexity index is 942. The number of benzene rings is 1. The summed E-state index contributed by atoms with van der Waals surface area (Å²) in [6.45, 7) is 15.3. The van der Waals surface area contributed by atoms with E-state index >= 15 is 0 Å². The van der Waals surface area contributed by atoms with E-state index in [4.69, 9.17) is 5.10 Å². The highest BCUT2D eigenvalue weighted by molar-refractivity contribution is 5.94. The molecule has 1 unspecified atom stereocenters. The van der Waals surface area contributed by atoms with Gasteiger partial charge in [0.05, 0.1) is 17.9 Å². The molecule has 6 nitrogen and oxygen atoms in total. The monoisotopic (exact) mass is 468 g/mol. The van der Waals surface area contributed by atoms with Crippen LogP contribution >= 0.6 is 0 Å². The molecule has 2 aromatic rings. The van der Waals surface area contributed by atoms with Gasteiger partial charge in [0.2, 0.25) is 11.8 Å². The largest absolute Gasteiger partial charge is 0.333 e. The quantitative estimate of drug-likeness (QED) is 0.400. The number of carbonyl (C=O) groups is 2. The summed E-state index contributed by atoms with van der Waals surface area (Å²) in [5.74, 6) is 0.516. The fourth-order valence-corrected chi connectivity index (χ4v) is 3.98. The summed E-state index contributed by atoms with van der Waals surface area (Å²) in [7, 11) is 0. The molecule has 0 saturated carbocycles. The Hall–Kier alpha value is -2.63. The normalized spacial score (nSPS) is 12.4. The van der Waals surface area contributed by atoms with Crippen molar-refractivity contribution in [2.75, 3.05) is 18.4 Å². The molecule has 1 aromatic heterocycles. The number of anilines is 1. The van der Waals surface area contributed by atoms with Crippen molar-refractivity contribution in [1.29, 1.82) is 0 Å². The molecule has 0 aliphatic carbocycles. The highest BCUT2D eigenvalue weighted by Crippen LogP contribution is 2.27. The lowest BCUT2D eigenvalue weighted by atomic mass is 9.92. The van der Waals surface area contributed by atoms with E-state index in [2.05, 4.69) is 46.9 Å². The molecule has 0 fully saturated rings. The Kier molecular flexibility index (Phi) is 10.3. The van der Waals surface area contributed by atoms with Crippen LogP contribution in [-0.4, -0.2) is 39.6 Å². The van der Waals surface area contributed by atoms with Crippen molar-refractivity contribution in [3.8, 4) is 5.69 Å². The van der Waals surface area contributed by atoms with Gasteiger partial charge in [0, 0.05) is 23.9 Å². The van der Waals surface area contributed by atoms with Crippen LogP contribution in [0.2, 0.25) is 0 Å². The van der Waals surface area contributed by atoms with Crippen LogP contribution in [0.25, 0.3) is 5.69 Å². The molecule has 2 rings (SSSR count). The standard InChI is InChI=1S/C28H44N4O2/c1-8-11-15-22(10-3)27(34)31(17-12-9-2)20-26(33)29-25-19-24(28(5,6)7)30-32(25)23-16-13-14-21(4)18-23/h13-14,16,18-19,22H,8-12,15,17,20H2,1-7H3,(H,29,33). The van der Waals surface area contributed by atoms with Crippen LogP contribution in [-0.2, 0) is 15.0 Å². The van der Waals surface area contributed by atoms with Gasteiger partial charge in [-0.3, -0.25) is 9.59 Å². The fourth-order valence-electron chi connectivity index (χ4n) is 3.98. The maximum Gasteiger partial charge on any atom is 0.245 e. The first kappa shape index (κ1) is 27.6. The second-order valence-corrected chi connectivity index (χ2v) is 10.3. The van der Waals surface area contributed by atoms with E-state index in [1.54, 1.807) is 9.58 Å². The summed E-state index contributed by atoms with van der Waals surface area (Å²) in [6, 6.07) is 10.00. The first-order valence-electron chi connectivity index (χ1n) is 12.9. The second-order valence-electron chi connectivity index (χ2n) is 10.3. The Balaban J connectivity index is 2.27. The minimum atomic E-state index is -0.191. The van der Waals surface area contributed by atoms with Crippen LogP contribution < -0.4 is 5.32 Å². The van der Waals surface area contributed by atoms with E-state index in [9.17, 15) is 9.59 Å². The molecule has 0 radical (unpaired) electrons. The third kappa shape index (κ3) is 7.71.